The van der Waals surface area contributed by atoms with Crippen molar-refractivity contribution in [2.45, 2.75) is 32.2 Å². The van der Waals surface area contributed by atoms with E-state index in [0.717, 1.165) is 19.4 Å². The molecule has 1 saturated heterocycles. The van der Waals surface area contributed by atoms with E-state index in [-0.39, 0.29) is 24.3 Å². The molecule has 0 bridgehead atoms. The van der Waals surface area contributed by atoms with E-state index in [0.29, 0.717) is 15.7 Å². The zero-order valence-corrected chi connectivity index (χ0v) is 12.7. The second-order valence-electron chi connectivity index (χ2n) is 4.85. The van der Waals surface area contributed by atoms with Crippen molar-refractivity contribution in [2.75, 3.05) is 11.4 Å². The molecule has 1 aliphatic heterocycles. The lowest BCUT2D eigenvalue weighted by molar-refractivity contribution is -0.674. The number of hydrogen-bond acceptors (Lipinski definition) is 2. The lowest BCUT2D eigenvalue weighted by Gasteiger charge is -2.14. The van der Waals surface area contributed by atoms with Crippen molar-refractivity contribution in [3.05, 3.63) is 28.2 Å². The first-order valence-electron chi connectivity index (χ1n) is 6.69. The molecular weight excluding hydrogens is 299 g/mol. The van der Waals surface area contributed by atoms with Crippen LogP contribution in [0.1, 0.15) is 26.2 Å². The van der Waals surface area contributed by atoms with E-state index in [4.69, 9.17) is 23.2 Å². The third-order valence-corrected chi connectivity index (χ3v) is 4.09. The standard InChI is InChI=1S/C14H16Cl2N2O2/c1-2-3-6-17-12-8-13(19)18(14(12)20)9-4-5-10(15)11(16)7-9/h4-5,7,12,17H,2-3,6,8H2,1H3/p+1/t12-/m0/s1. The van der Waals surface area contributed by atoms with Crippen molar-refractivity contribution in [1.82, 2.24) is 0 Å². The number of quaternary nitrogens is 1. The smallest absolute Gasteiger partial charge is 0.292 e. The van der Waals surface area contributed by atoms with Crippen LogP contribution in [0.15, 0.2) is 18.2 Å². The molecule has 2 amide bonds. The number of rotatable bonds is 5. The molecule has 0 aromatic heterocycles. The lowest BCUT2D eigenvalue weighted by Crippen LogP contribution is -2.91. The van der Waals surface area contributed by atoms with E-state index in [2.05, 4.69) is 6.92 Å². The maximum atomic E-state index is 12.3. The fourth-order valence-electron chi connectivity index (χ4n) is 2.26. The molecule has 108 valence electrons. The molecule has 1 heterocycles. The SMILES string of the molecule is CCCC[NH2+][C@H]1CC(=O)N(c2ccc(Cl)c(Cl)c2)C1=O. The minimum absolute atomic E-state index is 0.176. The molecular formula is C14H17Cl2N2O2+. The van der Waals surface area contributed by atoms with Gasteiger partial charge in [0.15, 0.2) is 6.04 Å². The summed E-state index contributed by atoms with van der Waals surface area (Å²) in [4.78, 5) is 25.5. The summed E-state index contributed by atoms with van der Waals surface area (Å²) in [5.74, 6) is -0.365. The topological polar surface area (TPSA) is 54.0 Å². The van der Waals surface area contributed by atoms with Crippen molar-refractivity contribution >= 4 is 40.7 Å². The van der Waals surface area contributed by atoms with Gasteiger partial charge in [0.2, 0.25) is 5.91 Å². The van der Waals surface area contributed by atoms with Crippen LogP contribution in [0.5, 0.6) is 0 Å². The summed E-state index contributed by atoms with van der Waals surface area (Å²) in [7, 11) is 0. The maximum Gasteiger partial charge on any atom is 0.292 e. The average Bonchev–Trinajstić information content (AvgIpc) is 2.69. The van der Waals surface area contributed by atoms with Crippen LogP contribution in [0, 0.1) is 0 Å². The van der Waals surface area contributed by atoms with Crippen molar-refractivity contribution in [3.63, 3.8) is 0 Å². The number of amides is 2. The number of carbonyl (C=O) groups is 2. The van der Waals surface area contributed by atoms with Crippen molar-refractivity contribution < 1.29 is 14.9 Å². The van der Waals surface area contributed by atoms with Crippen LogP contribution in [0.3, 0.4) is 0 Å². The van der Waals surface area contributed by atoms with E-state index in [1.54, 1.807) is 18.2 Å². The van der Waals surface area contributed by atoms with Crippen molar-refractivity contribution in [2.24, 2.45) is 0 Å². The predicted octanol–water partition coefficient (Wildman–Crippen LogP) is 1.99. The second-order valence-corrected chi connectivity index (χ2v) is 5.67. The molecule has 1 aliphatic rings. The van der Waals surface area contributed by atoms with E-state index < -0.39 is 0 Å². The summed E-state index contributed by atoms with van der Waals surface area (Å²) < 4.78 is 0. The van der Waals surface area contributed by atoms with Crippen LogP contribution >= 0.6 is 23.2 Å². The van der Waals surface area contributed by atoms with E-state index >= 15 is 0 Å². The molecule has 6 heteroatoms. The van der Waals surface area contributed by atoms with Crippen molar-refractivity contribution in [3.8, 4) is 0 Å². The molecule has 0 aliphatic carbocycles. The maximum absolute atomic E-state index is 12.3. The molecule has 0 unspecified atom stereocenters. The Kier molecular flexibility index (Phi) is 5.02. The van der Waals surface area contributed by atoms with E-state index in [1.165, 1.54) is 4.90 Å². The van der Waals surface area contributed by atoms with Gasteiger partial charge in [-0.25, -0.2) is 4.90 Å². The molecule has 4 nitrogen and oxygen atoms in total. The van der Waals surface area contributed by atoms with Gasteiger partial charge in [0, 0.05) is 0 Å². The monoisotopic (exact) mass is 315 g/mol. The quantitative estimate of drug-likeness (QED) is 0.667. The zero-order valence-electron chi connectivity index (χ0n) is 11.2. The molecule has 1 aromatic rings. The van der Waals surface area contributed by atoms with E-state index in [1.807, 2.05) is 5.32 Å². The first-order chi connectivity index (χ1) is 9.54. The normalized spacial score (nSPS) is 18.9. The van der Waals surface area contributed by atoms with Crippen LogP contribution in [0.2, 0.25) is 10.0 Å². The Labute approximate surface area is 128 Å². The summed E-state index contributed by atoms with van der Waals surface area (Å²) in [5.41, 5.74) is 0.487. The number of unbranched alkanes of at least 4 members (excludes halogenated alkanes) is 1. The summed E-state index contributed by atoms with van der Waals surface area (Å²) in [5, 5.41) is 2.69. The Balaban J connectivity index is 2.14. The first kappa shape index (κ1) is 15.3. The molecule has 20 heavy (non-hydrogen) atoms. The largest absolute Gasteiger partial charge is 0.336 e. The Bertz CT molecular complexity index is 534. The summed E-state index contributed by atoms with van der Waals surface area (Å²) in [6.07, 6.45) is 2.34. The first-order valence-corrected chi connectivity index (χ1v) is 7.45. The molecule has 2 N–H and O–H groups in total. The number of halogens is 2. The van der Waals surface area contributed by atoms with Crippen LogP contribution < -0.4 is 10.2 Å². The average molecular weight is 316 g/mol. The second kappa shape index (κ2) is 6.57. The highest BCUT2D eigenvalue weighted by molar-refractivity contribution is 6.42. The van der Waals surface area contributed by atoms with Crippen LogP contribution in [0.4, 0.5) is 5.69 Å². The molecule has 1 aromatic carbocycles. The van der Waals surface area contributed by atoms with Gasteiger partial charge in [-0.3, -0.25) is 9.59 Å². The van der Waals surface area contributed by atoms with Gasteiger partial charge in [0.1, 0.15) is 0 Å². The van der Waals surface area contributed by atoms with Gasteiger partial charge >= 0.3 is 0 Å². The van der Waals surface area contributed by atoms with Gasteiger partial charge < -0.3 is 5.32 Å². The number of anilines is 1. The van der Waals surface area contributed by atoms with Crippen LogP contribution in [0.25, 0.3) is 0 Å². The van der Waals surface area contributed by atoms with Gasteiger partial charge in [0.25, 0.3) is 5.91 Å². The molecule has 0 saturated carbocycles. The molecule has 1 fully saturated rings. The summed E-state index contributed by atoms with van der Waals surface area (Å²) >= 11 is 11.8. The third-order valence-electron chi connectivity index (χ3n) is 3.35. The molecule has 1 atom stereocenters. The van der Waals surface area contributed by atoms with Gasteiger partial charge in [-0.2, -0.15) is 0 Å². The number of benzene rings is 1. The number of nitrogens with two attached hydrogens (primary N) is 1. The minimum atomic E-state index is -0.316. The highest BCUT2D eigenvalue weighted by Gasteiger charge is 2.42. The summed E-state index contributed by atoms with van der Waals surface area (Å²) in [6.45, 7) is 2.95. The third kappa shape index (κ3) is 3.14. The Morgan fingerprint density at radius 3 is 2.70 bits per heavy atom. The molecule has 0 radical (unpaired) electrons. The lowest BCUT2D eigenvalue weighted by atomic mass is 10.2. The van der Waals surface area contributed by atoms with E-state index in [9.17, 15) is 9.59 Å². The fraction of sp³-hybridized carbons (Fsp3) is 0.429. The van der Waals surface area contributed by atoms with Gasteiger partial charge in [-0.15, -0.1) is 0 Å². The highest BCUT2D eigenvalue weighted by Crippen LogP contribution is 2.29. The highest BCUT2D eigenvalue weighted by atomic mass is 35.5. The van der Waals surface area contributed by atoms with Crippen molar-refractivity contribution in [1.29, 1.82) is 0 Å². The van der Waals surface area contributed by atoms with Gasteiger partial charge in [-0.1, -0.05) is 36.5 Å². The number of carbonyl (C=O) groups excluding carboxylic acids is 2. The zero-order chi connectivity index (χ0) is 14.7. The fourth-order valence-corrected chi connectivity index (χ4v) is 2.55. The molecule has 0 spiro atoms. The molecule has 2 rings (SSSR count). The minimum Gasteiger partial charge on any atom is -0.336 e. The summed E-state index contributed by atoms with van der Waals surface area (Å²) in [6, 6.07) is 4.46. The predicted molar refractivity (Wildman–Crippen MR) is 79.1 cm³/mol. The Morgan fingerprint density at radius 1 is 1.30 bits per heavy atom. The van der Waals surface area contributed by atoms with Gasteiger partial charge in [0.05, 0.1) is 28.7 Å². The van der Waals surface area contributed by atoms with Crippen LogP contribution in [-0.4, -0.2) is 24.4 Å². The Hall–Kier alpha value is -1.10. The van der Waals surface area contributed by atoms with Crippen LogP contribution in [-0.2, 0) is 9.59 Å². The number of hydrogen-bond donors (Lipinski definition) is 1. The van der Waals surface area contributed by atoms with Gasteiger partial charge in [-0.05, 0) is 24.6 Å². The number of nitrogens with zero attached hydrogens (tertiary/aromatic N) is 1. The number of imide groups is 1. The Morgan fingerprint density at radius 2 is 2.05 bits per heavy atom.